The van der Waals surface area contributed by atoms with Crippen LogP contribution in [0.25, 0.3) is 0 Å². The zero-order valence-corrected chi connectivity index (χ0v) is 11.8. The van der Waals surface area contributed by atoms with Crippen LogP contribution in [0.4, 0.5) is 0 Å². The summed E-state index contributed by atoms with van der Waals surface area (Å²) in [5, 5.41) is 9.21. The highest BCUT2D eigenvalue weighted by Crippen LogP contribution is 2.36. The quantitative estimate of drug-likeness (QED) is 0.818. The highest BCUT2D eigenvalue weighted by atomic mass is 32.2. The van der Waals surface area contributed by atoms with E-state index in [1.54, 1.807) is 0 Å². The molecule has 1 heterocycles. The predicted octanol–water partition coefficient (Wildman–Crippen LogP) is 2.41. The second-order valence-electron chi connectivity index (χ2n) is 6.00. The summed E-state index contributed by atoms with van der Waals surface area (Å²) in [7, 11) is 0. The van der Waals surface area contributed by atoms with Crippen molar-refractivity contribution in [1.82, 2.24) is 0 Å². The Hall–Kier alpha value is -1.00. The van der Waals surface area contributed by atoms with Crippen LogP contribution < -0.4 is 5.73 Å². The molecular weight excluding hydrogens is 246 g/mol. The monoisotopic (exact) mass is 265 g/mol. The van der Waals surface area contributed by atoms with Gasteiger partial charge in [0.15, 0.2) is 0 Å². The SMILES string of the molecule is CC(C)(C)c1ccc2c(c1)CC(N)(C(=O)O)CS2. The van der Waals surface area contributed by atoms with Crippen molar-refractivity contribution in [3.05, 3.63) is 29.3 Å². The number of fused-ring (bicyclic) bond motifs is 1. The fraction of sp³-hybridized carbons (Fsp3) is 0.500. The van der Waals surface area contributed by atoms with Crippen LogP contribution in [0, 0.1) is 0 Å². The van der Waals surface area contributed by atoms with Crippen molar-refractivity contribution in [2.75, 3.05) is 5.75 Å². The van der Waals surface area contributed by atoms with Gasteiger partial charge in [0.2, 0.25) is 0 Å². The standard InChI is InChI=1S/C14H19NO2S/c1-13(2,3)10-4-5-11-9(6-10)7-14(15,8-18-11)12(16)17/h4-6H,7-8,15H2,1-3H3,(H,16,17). The Labute approximate surface area is 112 Å². The first-order chi connectivity index (χ1) is 8.22. The Bertz CT molecular complexity index is 493. The van der Waals surface area contributed by atoms with Crippen molar-refractivity contribution in [1.29, 1.82) is 0 Å². The number of rotatable bonds is 1. The second-order valence-corrected chi connectivity index (χ2v) is 7.02. The molecule has 98 valence electrons. The lowest BCUT2D eigenvalue weighted by molar-refractivity contribution is -0.142. The molecule has 0 saturated carbocycles. The molecule has 18 heavy (non-hydrogen) atoms. The van der Waals surface area contributed by atoms with Gasteiger partial charge in [-0.3, -0.25) is 4.79 Å². The van der Waals surface area contributed by atoms with E-state index >= 15 is 0 Å². The molecule has 1 aromatic rings. The number of carboxylic acids is 1. The van der Waals surface area contributed by atoms with Crippen molar-refractivity contribution >= 4 is 17.7 Å². The maximum Gasteiger partial charge on any atom is 0.324 e. The maximum atomic E-state index is 11.2. The average molecular weight is 265 g/mol. The fourth-order valence-electron chi connectivity index (χ4n) is 2.06. The van der Waals surface area contributed by atoms with E-state index in [1.165, 1.54) is 17.3 Å². The molecule has 1 aliphatic rings. The molecule has 0 aromatic heterocycles. The minimum atomic E-state index is -1.13. The average Bonchev–Trinajstić information content (AvgIpc) is 2.26. The van der Waals surface area contributed by atoms with Gasteiger partial charge >= 0.3 is 5.97 Å². The van der Waals surface area contributed by atoms with E-state index in [4.69, 9.17) is 5.73 Å². The predicted molar refractivity (Wildman–Crippen MR) is 74.1 cm³/mol. The van der Waals surface area contributed by atoms with E-state index in [1.807, 2.05) is 0 Å². The van der Waals surface area contributed by atoms with Gasteiger partial charge in [0.25, 0.3) is 0 Å². The lowest BCUT2D eigenvalue weighted by atomic mass is 9.84. The molecule has 0 aliphatic carbocycles. The van der Waals surface area contributed by atoms with Crippen molar-refractivity contribution in [3.8, 4) is 0 Å². The van der Waals surface area contributed by atoms with Crippen molar-refractivity contribution in [2.45, 2.75) is 43.0 Å². The smallest absolute Gasteiger partial charge is 0.324 e. The number of carboxylic acid groups (broad SMARTS) is 1. The lowest BCUT2D eigenvalue weighted by Gasteiger charge is -2.31. The topological polar surface area (TPSA) is 63.3 Å². The van der Waals surface area contributed by atoms with Crippen LogP contribution in [0.5, 0.6) is 0 Å². The number of aliphatic carboxylic acids is 1. The third-order valence-electron chi connectivity index (χ3n) is 3.34. The fourth-order valence-corrected chi connectivity index (χ4v) is 3.18. The highest BCUT2D eigenvalue weighted by Gasteiger charge is 2.38. The first-order valence-electron chi connectivity index (χ1n) is 6.01. The molecule has 0 spiro atoms. The Morgan fingerprint density at radius 3 is 2.67 bits per heavy atom. The van der Waals surface area contributed by atoms with Gasteiger partial charge in [0, 0.05) is 17.1 Å². The Balaban J connectivity index is 2.39. The molecule has 3 nitrogen and oxygen atoms in total. The molecule has 1 unspecified atom stereocenters. The molecule has 1 atom stereocenters. The lowest BCUT2D eigenvalue weighted by Crippen LogP contribution is -2.53. The third-order valence-corrected chi connectivity index (χ3v) is 4.71. The van der Waals surface area contributed by atoms with Gasteiger partial charge in [-0.2, -0.15) is 0 Å². The number of hydrogen-bond acceptors (Lipinski definition) is 3. The largest absolute Gasteiger partial charge is 0.480 e. The van der Waals surface area contributed by atoms with Crippen LogP contribution in [0.1, 0.15) is 31.9 Å². The summed E-state index contributed by atoms with van der Waals surface area (Å²) < 4.78 is 0. The van der Waals surface area contributed by atoms with E-state index in [0.29, 0.717) is 12.2 Å². The number of nitrogens with two attached hydrogens (primary N) is 1. The van der Waals surface area contributed by atoms with E-state index < -0.39 is 11.5 Å². The van der Waals surface area contributed by atoms with Crippen LogP contribution in [0.2, 0.25) is 0 Å². The summed E-state index contributed by atoms with van der Waals surface area (Å²) in [6.45, 7) is 6.45. The van der Waals surface area contributed by atoms with Crippen LogP contribution in [-0.2, 0) is 16.6 Å². The molecule has 0 bridgehead atoms. The second kappa shape index (κ2) is 4.28. The minimum absolute atomic E-state index is 0.0671. The van der Waals surface area contributed by atoms with Gasteiger partial charge in [0.05, 0.1) is 0 Å². The van der Waals surface area contributed by atoms with Crippen LogP contribution >= 0.6 is 11.8 Å². The van der Waals surface area contributed by atoms with Gasteiger partial charge in [-0.25, -0.2) is 0 Å². The van der Waals surface area contributed by atoms with Crippen molar-refractivity contribution < 1.29 is 9.90 Å². The first kappa shape index (κ1) is 13.4. The van der Waals surface area contributed by atoms with E-state index in [9.17, 15) is 9.90 Å². The zero-order chi connectivity index (χ0) is 13.6. The number of thioether (sulfide) groups is 1. The Morgan fingerprint density at radius 1 is 1.44 bits per heavy atom. The summed E-state index contributed by atoms with van der Waals surface area (Å²) in [4.78, 5) is 12.4. The van der Waals surface area contributed by atoms with Gasteiger partial charge in [0.1, 0.15) is 5.54 Å². The van der Waals surface area contributed by atoms with Gasteiger partial charge < -0.3 is 10.8 Å². The number of carbonyl (C=O) groups is 1. The summed E-state index contributed by atoms with van der Waals surface area (Å²) in [5.41, 5.74) is 7.17. The number of hydrogen-bond donors (Lipinski definition) is 2. The molecule has 0 saturated heterocycles. The molecular formula is C14H19NO2S. The molecule has 0 amide bonds. The summed E-state index contributed by atoms with van der Waals surface area (Å²) in [5.74, 6) is -0.480. The van der Waals surface area contributed by atoms with E-state index in [-0.39, 0.29) is 5.41 Å². The summed E-state index contributed by atoms with van der Waals surface area (Å²) >= 11 is 1.54. The van der Waals surface area contributed by atoms with Crippen LogP contribution in [-0.4, -0.2) is 22.4 Å². The van der Waals surface area contributed by atoms with E-state index in [0.717, 1.165) is 10.5 Å². The minimum Gasteiger partial charge on any atom is -0.480 e. The molecule has 1 aliphatic heterocycles. The Kier molecular flexibility index (Phi) is 3.19. The van der Waals surface area contributed by atoms with Gasteiger partial charge in [-0.05, 0) is 22.6 Å². The summed E-state index contributed by atoms with van der Waals surface area (Å²) in [6.07, 6.45) is 0.411. The normalized spacial score (nSPS) is 23.6. The van der Waals surface area contributed by atoms with Gasteiger partial charge in [-0.1, -0.05) is 32.9 Å². The number of benzene rings is 1. The molecule has 4 heteroatoms. The van der Waals surface area contributed by atoms with E-state index in [2.05, 4.69) is 39.0 Å². The highest BCUT2D eigenvalue weighted by molar-refractivity contribution is 7.99. The molecule has 2 rings (SSSR count). The molecule has 0 fully saturated rings. The first-order valence-corrected chi connectivity index (χ1v) is 6.99. The van der Waals surface area contributed by atoms with Gasteiger partial charge in [-0.15, -0.1) is 11.8 Å². The maximum absolute atomic E-state index is 11.2. The molecule has 1 aromatic carbocycles. The molecule has 0 radical (unpaired) electrons. The van der Waals surface area contributed by atoms with Crippen molar-refractivity contribution in [2.24, 2.45) is 5.73 Å². The van der Waals surface area contributed by atoms with Crippen molar-refractivity contribution in [3.63, 3.8) is 0 Å². The van der Waals surface area contributed by atoms with Crippen LogP contribution in [0.15, 0.2) is 23.1 Å². The summed E-state index contributed by atoms with van der Waals surface area (Å²) in [6, 6.07) is 6.31. The Morgan fingerprint density at radius 2 is 2.11 bits per heavy atom. The zero-order valence-electron chi connectivity index (χ0n) is 11.0. The molecule has 3 N–H and O–H groups in total. The third kappa shape index (κ3) is 2.40. The van der Waals surface area contributed by atoms with Crippen LogP contribution in [0.3, 0.4) is 0 Å².